The van der Waals surface area contributed by atoms with Crippen LogP contribution in [0.15, 0.2) is 47.4 Å². The van der Waals surface area contributed by atoms with E-state index in [1.54, 1.807) is 30.0 Å². The van der Waals surface area contributed by atoms with Gasteiger partial charge in [0.15, 0.2) is 0 Å². The van der Waals surface area contributed by atoms with Crippen molar-refractivity contribution in [1.82, 2.24) is 9.62 Å². The van der Waals surface area contributed by atoms with Crippen LogP contribution in [0.25, 0.3) is 10.8 Å². The van der Waals surface area contributed by atoms with Crippen LogP contribution in [-0.2, 0) is 14.8 Å². The maximum absolute atomic E-state index is 12.6. The zero-order valence-electron chi connectivity index (χ0n) is 14.6. The van der Waals surface area contributed by atoms with E-state index in [2.05, 4.69) is 11.6 Å². The summed E-state index contributed by atoms with van der Waals surface area (Å²) >= 11 is 0. The molecule has 2 aromatic rings. The minimum atomic E-state index is -3.74. The van der Waals surface area contributed by atoms with Crippen molar-refractivity contribution >= 4 is 26.7 Å². The minimum Gasteiger partial charge on any atom is -0.341 e. The van der Waals surface area contributed by atoms with E-state index in [-0.39, 0.29) is 10.8 Å². The number of carbonyl (C=O) groups excluding carboxylic acids is 1. The van der Waals surface area contributed by atoms with Crippen molar-refractivity contribution in [1.29, 1.82) is 0 Å². The smallest absolute Gasteiger partial charge is 0.241 e. The Balaban J connectivity index is 1.74. The van der Waals surface area contributed by atoms with Crippen LogP contribution >= 0.6 is 0 Å². The number of hydrogen-bond donors (Lipinski definition) is 1. The zero-order chi connectivity index (χ0) is 18.0. The summed E-state index contributed by atoms with van der Waals surface area (Å²) in [6.07, 6.45) is 1.94. The molecule has 0 unspecified atom stereocenters. The lowest BCUT2D eigenvalue weighted by Crippen LogP contribution is -2.49. The quantitative estimate of drug-likeness (QED) is 0.912. The molecule has 1 aliphatic rings. The summed E-state index contributed by atoms with van der Waals surface area (Å²) in [5, 5.41) is 1.84. The first-order chi connectivity index (χ1) is 11.9. The van der Waals surface area contributed by atoms with E-state index in [1.807, 2.05) is 24.3 Å². The van der Waals surface area contributed by atoms with Crippen LogP contribution in [0.2, 0.25) is 0 Å². The van der Waals surface area contributed by atoms with Gasteiger partial charge in [-0.1, -0.05) is 37.3 Å². The number of nitrogens with zero attached hydrogens (tertiary/aromatic N) is 1. The van der Waals surface area contributed by atoms with Crippen molar-refractivity contribution in [2.45, 2.75) is 37.6 Å². The molecule has 0 saturated carbocycles. The molecule has 0 aliphatic carbocycles. The average molecular weight is 360 g/mol. The number of carbonyl (C=O) groups is 1. The normalized spacial score (nSPS) is 17.6. The highest BCUT2D eigenvalue weighted by Crippen LogP contribution is 2.20. The first kappa shape index (κ1) is 17.9. The summed E-state index contributed by atoms with van der Waals surface area (Å²) in [6, 6.07) is 11.8. The van der Waals surface area contributed by atoms with Gasteiger partial charge in [-0.25, -0.2) is 8.42 Å². The van der Waals surface area contributed by atoms with Gasteiger partial charge < -0.3 is 4.90 Å². The molecular formula is C19H24N2O3S. The van der Waals surface area contributed by atoms with Gasteiger partial charge >= 0.3 is 0 Å². The molecule has 0 aromatic heterocycles. The second-order valence-corrected chi connectivity index (χ2v) is 8.57. The highest BCUT2D eigenvalue weighted by atomic mass is 32.2. The number of piperidine rings is 1. The third-order valence-electron chi connectivity index (χ3n) is 4.83. The molecule has 1 N–H and O–H groups in total. The van der Waals surface area contributed by atoms with Crippen molar-refractivity contribution in [3.8, 4) is 0 Å². The Morgan fingerprint density at radius 3 is 2.44 bits per heavy atom. The van der Waals surface area contributed by atoms with Gasteiger partial charge in [0.2, 0.25) is 15.9 Å². The van der Waals surface area contributed by atoms with E-state index < -0.39 is 16.1 Å². The number of benzene rings is 2. The molecule has 1 amide bonds. The monoisotopic (exact) mass is 360 g/mol. The molecule has 0 bridgehead atoms. The van der Waals surface area contributed by atoms with Crippen LogP contribution in [0, 0.1) is 5.92 Å². The van der Waals surface area contributed by atoms with Crippen molar-refractivity contribution in [3.63, 3.8) is 0 Å². The van der Waals surface area contributed by atoms with Gasteiger partial charge in [-0.3, -0.25) is 4.79 Å². The largest absolute Gasteiger partial charge is 0.341 e. The number of sulfonamides is 1. The summed E-state index contributed by atoms with van der Waals surface area (Å²) < 4.78 is 27.8. The Labute approximate surface area is 149 Å². The molecule has 1 saturated heterocycles. The van der Waals surface area contributed by atoms with Gasteiger partial charge in [-0.2, -0.15) is 4.72 Å². The first-order valence-electron chi connectivity index (χ1n) is 8.67. The molecule has 1 heterocycles. The maximum atomic E-state index is 12.6. The Morgan fingerprint density at radius 1 is 1.12 bits per heavy atom. The lowest BCUT2D eigenvalue weighted by atomic mass is 9.99. The number of likely N-dealkylation sites (tertiary alicyclic amines) is 1. The topological polar surface area (TPSA) is 66.5 Å². The summed E-state index contributed by atoms with van der Waals surface area (Å²) in [7, 11) is -3.74. The Morgan fingerprint density at radius 2 is 1.76 bits per heavy atom. The number of fused-ring (bicyclic) bond motifs is 1. The van der Waals surface area contributed by atoms with E-state index in [9.17, 15) is 13.2 Å². The van der Waals surface area contributed by atoms with Crippen molar-refractivity contribution in [2.24, 2.45) is 5.92 Å². The first-order valence-corrected chi connectivity index (χ1v) is 10.1. The second-order valence-electron chi connectivity index (χ2n) is 6.86. The fourth-order valence-corrected chi connectivity index (χ4v) is 4.42. The van der Waals surface area contributed by atoms with E-state index in [1.165, 1.54) is 0 Å². The van der Waals surface area contributed by atoms with Gasteiger partial charge in [0.05, 0.1) is 10.9 Å². The van der Waals surface area contributed by atoms with Crippen molar-refractivity contribution in [2.75, 3.05) is 13.1 Å². The number of amides is 1. The molecule has 0 spiro atoms. The molecular weight excluding hydrogens is 336 g/mol. The fraction of sp³-hybridized carbons (Fsp3) is 0.421. The van der Waals surface area contributed by atoms with Crippen LogP contribution in [0.1, 0.15) is 26.7 Å². The van der Waals surface area contributed by atoms with Gasteiger partial charge in [0.25, 0.3) is 0 Å². The number of rotatable bonds is 4. The second kappa shape index (κ2) is 7.14. The van der Waals surface area contributed by atoms with Gasteiger partial charge in [0, 0.05) is 13.1 Å². The molecule has 1 fully saturated rings. The van der Waals surface area contributed by atoms with E-state index in [0.29, 0.717) is 19.0 Å². The molecule has 1 atom stereocenters. The molecule has 25 heavy (non-hydrogen) atoms. The molecule has 5 nitrogen and oxygen atoms in total. The fourth-order valence-electron chi connectivity index (χ4n) is 3.19. The van der Waals surface area contributed by atoms with E-state index in [4.69, 9.17) is 0 Å². The standard InChI is InChI=1S/C19H24N2O3S/c1-14-9-11-21(12-10-14)19(22)15(2)20-25(23,24)18-8-7-16-5-3-4-6-17(16)13-18/h3-8,13-15,20H,9-12H2,1-2H3/t15-/m1/s1. The summed E-state index contributed by atoms with van der Waals surface area (Å²) in [5.41, 5.74) is 0. The van der Waals surface area contributed by atoms with Crippen LogP contribution < -0.4 is 4.72 Å². The van der Waals surface area contributed by atoms with Crippen molar-refractivity contribution < 1.29 is 13.2 Å². The third kappa shape index (κ3) is 4.02. The Bertz CT molecular complexity index is 871. The van der Waals surface area contributed by atoms with E-state index >= 15 is 0 Å². The minimum absolute atomic E-state index is 0.156. The summed E-state index contributed by atoms with van der Waals surface area (Å²) in [5.74, 6) is 0.463. The molecule has 1 aliphatic heterocycles. The predicted octanol–water partition coefficient (Wildman–Crippen LogP) is 2.77. The highest BCUT2D eigenvalue weighted by Gasteiger charge is 2.28. The molecule has 0 radical (unpaired) electrons. The van der Waals surface area contributed by atoms with Crippen LogP contribution in [-0.4, -0.2) is 38.4 Å². The summed E-state index contributed by atoms with van der Waals surface area (Å²) in [6.45, 7) is 5.18. The molecule has 6 heteroatoms. The van der Waals surface area contributed by atoms with Crippen molar-refractivity contribution in [3.05, 3.63) is 42.5 Å². The lowest BCUT2D eigenvalue weighted by molar-refractivity contribution is -0.133. The lowest BCUT2D eigenvalue weighted by Gasteiger charge is -2.32. The Kier molecular flexibility index (Phi) is 5.11. The van der Waals surface area contributed by atoms with Gasteiger partial charge in [-0.15, -0.1) is 0 Å². The van der Waals surface area contributed by atoms with Crippen LogP contribution in [0.3, 0.4) is 0 Å². The SMILES string of the molecule is CC1CCN(C(=O)[C@@H](C)NS(=O)(=O)c2ccc3ccccc3c2)CC1. The number of hydrogen-bond acceptors (Lipinski definition) is 3. The zero-order valence-corrected chi connectivity index (χ0v) is 15.4. The maximum Gasteiger partial charge on any atom is 0.241 e. The number of nitrogens with one attached hydrogen (secondary N) is 1. The Hall–Kier alpha value is -1.92. The average Bonchev–Trinajstić information content (AvgIpc) is 2.61. The molecule has 3 rings (SSSR count). The third-order valence-corrected chi connectivity index (χ3v) is 6.37. The van der Waals surface area contributed by atoms with Crippen LogP contribution in [0.5, 0.6) is 0 Å². The molecule has 2 aromatic carbocycles. The van der Waals surface area contributed by atoms with Crippen LogP contribution in [0.4, 0.5) is 0 Å². The highest BCUT2D eigenvalue weighted by molar-refractivity contribution is 7.89. The molecule has 134 valence electrons. The van der Waals surface area contributed by atoms with Gasteiger partial charge in [0.1, 0.15) is 0 Å². The van der Waals surface area contributed by atoms with Gasteiger partial charge in [-0.05, 0) is 48.6 Å². The summed E-state index contributed by atoms with van der Waals surface area (Å²) in [4.78, 5) is 14.5. The predicted molar refractivity (Wildman–Crippen MR) is 98.7 cm³/mol. The van der Waals surface area contributed by atoms with E-state index in [0.717, 1.165) is 23.6 Å².